The van der Waals surface area contributed by atoms with Gasteiger partial charge in [0.25, 0.3) is 6.01 Å². The lowest BCUT2D eigenvalue weighted by Crippen LogP contribution is -2.32. The van der Waals surface area contributed by atoms with Crippen molar-refractivity contribution in [2.45, 2.75) is 39.2 Å². The minimum atomic E-state index is -0.434. The van der Waals surface area contributed by atoms with Crippen LogP contribution >= 0.6 is 0 Å². The van der Waals surface area contributed by atoms with Gasteiger partial charge in [0.15, 0.2) is 17.1 Å². The number of aromatic nitrogens is 1. The molecule has 188 valence electrons. The van der Waals surface area contributed by atoms with E-state index in [9.17, 15) is 4.39 Å². The predicted molar refractivity (Wildman–Crippen MR) is 140 cm³/mol. The molecule has 0 radical (unpaired) electrons. The number of anilines is 1. The van der Waals surface area contributed by atoms with E-state index in [2.05, 4.69) is 34.1 Å². The van der Waals surface area contributed by atoms with E-state index >= 15 is 0 Å². The maximum atomic E-state index is 14.6. The summed E-state index contributed by atoms with van der Waals surface area (Å²) in [5, 5.41) is 0. The summed E-state index contributed by atoms with van der Waals surface area (Å²) in [6, 6.07) is 18.2. The maximum absolute atomic E-state index is 14.6. The smallest absolute Gasteiger partial charge is 0.293 e. The van der Waals surface area contributed by atoms with Crippen LogP contribution in [0.1, 0.15) is 43.7 Å². The van der Waals surface area contributed by atoms with E-state index in [4.69, 9.17) is 19.6 Å². The minimum Gasteiger partial charge on any atom is -0.491 e. The average Bonchev–Trinajstić information content (AvgIpc) is 3.29. The number of ether oxygens (including phenoxy) is 2. The van der Waals surface area contributed by atoms with Gasteiger partial charge in [-0.2, -0.15) is 9.37 Å². The van der Waals surface area contributed by atoms with Crippen molar-refractivity contribution in [2.75, 3.05) is 32.0 Å². The van der Waals surface area contributed by atoms with Crippen LogP contribution in [0, 0.1) is 5.82 Å². The number of halogens is 1. The molecule has 5 rings (SSSR count). The van der Waals surface area contributed by atoms with Crippen LogP contribution in [0.25, 0.3) is 22.2 Å². The third-order valence-electron chi connectivity index (χ3n) is 6.78. The van der Waals surface area contributed by atoms with E-state index in [0.717, 1.165) is 53.7 Å². The zero-order valence-electron chi connectivity index (χ0n) is 20.8. The summed E-state index contributed by atoms with van der Waals surface area (Å²) in [7, 11) is 0. The fourth-order valence-corrected chi connectivity index (χ4v) is 5.12. The van der Waals surface area contributed by atoms with Crippen molar-refractivity contribution in [2.24, 2.45) is 0 Å². The Kier molecular flexibility index (Phi) is 7.09. The predicted octanol–water partition coefficient (Wildman–Crippen LogP) is 6.39. The Morgan fingerprint density at radius 2 is 1.67 bits per heavy atom. The Bertz CT molecular complexity index is 1300. The van der Waals surface area contributed by atoms with Gasteiger partial charge in [-0.3, -0.25) is 4.90 Å². The van der Waals surface area contributed by atoms with Crippen molar-refractivity contribution >= 4 is 17.1 Å². The number of fused-ring (bicyclic) bond motifs is 1. The van der Waals surface area contributed by atoms with Gasteiger partial charge in [-0.1, -0.05) is 42.5 Å². The van der Waals surface area contributed by atoms with Gasteiger partial charge in [-0.15, -0.1) is 0 Å². The van der Waals surface area contributed by atoms with Gasteiger partial charge in [0, 0.05) is 12.1 Å². The molecule has 0 saturated carbocycles. The van der Waals surface area contributed by atoms with Crippen LogP contribution in [0.15, 0.2) is 59.0 Å². The molecule has 1 fully saturated rings. The molecule has 6 nitrogen and oxygen atoms in total. The fourth-order valence-electron chi connectivity index (χ4n) is 5.12. The molecule has 0 bridgehead atoms. The zero-order valence-corrected chi connectivity index (χ0v) is 20.8. The lowest BCUT2D eigenvalue weighted by molar-refractivity contribution is 0.204. The van der Waals surface area contributed by atoms with Crippen LogP contribution in [-0.2, 0) is 6.54 Å². The largest absolute Gasteiger partial charge is 0.491 e. The Balaban J connectivity index is 1.33. The number of nitrogens with zero attached hydrogens (tertiary/aromatic N) is 2. The zero-order chi connectivity index (χ0) is 25.1. The maximum Gasteiger partial charge on any atom is 0.293 e. The van der Waals surface area contributed by atoms with Crippen molar-refractivity contribution < 1.29 is 18.3 Å². The number of nitrogen functional groups attached to an aromatic ring is 1. The quantitative estimate of drug-likeness (QED) is 0.309. The Morgan fingerprint density at radius 1 is 1.00 bits per heavy atom. The summed E-state index contributed by atoms with van der Waals surface area (Å²) in [6.45, 7) is 7.07. The number of likely N-dealkylation sites (tertiary alicyclic amines) is 1. The van der Waals surface area contributed by atoms with Gasteiger partial charge in [-0.25, -0.2) is 0 Å². The summed E-state index contributed by atoms with van der Waals surface area (Å²) in [6.07, 6.45) is 1.98. The van der Waals surface area contributed by atoms with E-state index in [1.54, 1.807) is 12.1 Å². The number of hydrogen-bond donors (Lipinski definition) is 1. The number of benzene rings is 3. The summed E-state index contributed by atoms with van der Waals surface area (Å²) >= 11 is 0. The molecule has 3 aromatic carbocycles. The molecule has 0 unspecified atom stereocenters. The molecule has 2 heterocycles. The van der Waals surface area contributed by atoms with Crippen molar-refractivity contribution in [3.8, 4) is 22.6 Å². The lowest BCUT2D eigenvalue weighted by atomic mass is 9.87. The minimum absolute atomic E-state index is 0.193. The molecule has 36 heavy (non-hydrogen) atoms. The number of hydrogen-bond acceptors (Lipinski definition) is 6. The first-order valence-electron chi connectivity index (χ1n) is 12.6. The summed E-state index contributed by atoms with van der Waals surface area (Å²) < 4.78 is 31.5. The Hall–Kier alpha value is -3.58. The van der Waals surface area contributed by atoms with Gasteiger partial charge >= 0.3 is 0 Å². The number of nitrogens with two attached hydrogens (primary N) is 1. The van der Waals surface area contributed by atoms with Gasteiger partial charge in [0.05, 0.1) is 13.2 Å². The van der Waals surface area contributed by atoms with Gasteiger partial charge in [0.2, 0.25) is 5.82 Å². The van der Waals surface area contributed by atoms with Crippen LogP contribution in [0.2, 0.25) is 0 Å². The lowest BCUT2D eigenvalue weighted by Gasteiger charge is -2.32. The second kappa shape index (κ2) is 10.6. The van der Waals surface area contributed by atoms with E-state index in [1.165, 1.54) is 5.56 Å². The molecule has 1 aromatic heterocycles. The molecule has 0 spiro atoms. The Morgan fingerprint density at radius 3 is 2.31 bits per heavy atom. The van der Waals surface area contributed by atoms with Crippen LogP contribution in [0.3, 0.4) is 0 Å². The molecule has 1 saturated heterocycles. The second-order valence-corrected chi connectivity index (χ2v) is 9.12. The second-order valence-electron chi connectivity index (χ2n) is 9.12. The third-order valence-corrected chi connectivity index (χ3v) is 6.78. The highest BCUT2D eigenvalue weighted by molar-refractivity contribution is 5.93. The van der Waals surface area contributed by atoms with E-state index in [1.807, 2.05) is 32.0 Å². The standard InChI is InChI=1S/C29H32FN3O3/c1-3-34-24-16-19(17-25(26(24)30)35-4-2)18-33-14-12-21(13-15-33)22-10-11-23(20-8-6-5-7-9-20)28-27(22)32-29(31)36-28/h5-11,16-17,21H,3-4,12-15,18H2,1-2H3,(H2,31,32). The normalized spacial score (nSPS) is 14.9. The molecular formula is C29H32FN3O3. The molecule has 1 aliphatic rings. The van der Waals surface area contributed by atoms with Crippen molar-refractivity contribution in [1.82, 2.24) is 9.88 Å². The highest BCUT2D eigenvalue weighted by Gasteiger charge is 2.25. The van der Waals surface area contributed by atoms with Gasteiger partial charge in [0.1, 0.15) is 5.52 Å². The van der Waals surface area contributed by atoms with E-state index in [0.29, 0.717) is 25.7 Å². The van der Waals surface area contributed by atoms with Gasteiger partial charge < -0.3 is 19.6 Å². The Labute approximate surface area is 210 Å². The molecule has 0 atom stereocenters. The van der Waals surface area contributed by atoms with Crippen molar-refractivity contribution in [3.05, 3.63) is 71.5 Å². The molecule has 0 amide bonds. The topological polar surface area (TPSA) is 73.8 Å². The van der Waals surface area contributed by atoms with Crippen LogP contribution in [0.4, 0.5) is 10.4 Å². The number of oxazole rings is 1. The summed E-state index contributed by atoms with van der Waals surface area (Å²) in [5.41, 5.74) is 11.8. The fraction of sp³-hybridized carbons (Fsp3) is 0.345. The van der Waals surface area contributed by atoms with Gasteiger partial charge in [-0.05, 0) is 74.5 Å². The molecule has 2 N–H and O–H groups in total. The van der Waals surface area contributed by atoms with Crippen LogP contribution in [-0.4, -0.2) is 36.2 Å². The highest BCUT2D eigenvalue weighted by atomic mass is 19.1. The monoisotopic (exact) mass is 489 g/mol. The van der Waals surface area contributed by atoms with Crippen LogP contribution < -0.4 is 15.2 Å². The highest BCUT2D eigenvalue weighted by Crippen LogP contribution is 2.38. The summed E-state index contributed by atoms with van der Waals surface area (Å²) in [5.74, 6) is 0.427. The molecule has 4 aromatic rings. The number of rotatable bonds is 8. The first kappa shape index (κ1) is 24.1. The van der Waals surface area contributed by atoms with E-state index in [-0.39, 0.29) is 17.5 Å². The number of piperidine rings is 1. The average molecular weight is 490 g/mol. The molecule has 1 aliphatic heterocycles. The first-order chi connectivity index (χ1) is 17.6. The summed E-state index contributed by atoms with van der Waals surface area (Å²) in [4.78, 5) is 6.95. The van der Waals surface area contributed by atoms with Crippen LogP contribution in [0.5, 0.6) is 11.5 Å². The van der Waals surface area contributed by atoms with E-state index < -0.39 is 5.82 Å². The van der Waals surface area contributed by atoms with Crippen molar-refractivity contribution in [3.63, 3.8) is 0 Å². The first-order valence-corrected chi connectivity index (χ1v) is 12.6. The molecule has 0 aliphatic carbocycles. The molecule has 7 heteroatoms. The molecular weight excluding hydrogens is 457 g/mol. The van der Waals surface area contributed by atoms with Crippen molar-refractivity contribution in [1.29, 1.82) is 0 Å². The third kappa shape index (κ3) is 4.88. The SMILES string of the molecule is CCOc1cc(CN2CCC(c3ccc(-c4ccccc4)c4oc(N)nc34)CC2)cc(OCC)c1F.